The van der Waals surface area contributed by atoms with Gasteiger partial charge < -0.3 is 9.80 Å². The van der Waals surface area contributed by atoms with E-state index in [1.54, 1.807) is 4.90 Å². The standard InChI is InChI=1S/C11H24N2O/c1-6-8-9-10(3)13(5)11(14)12(4)7-2/h10H,6-9H2,1-5H3. The Morgan fingerprint density at radius 3 is 2.29 bits per heavy atom. The molecule has 2 amide bonds. The third-order valence-corrected chi connectivity index (χ3v) is 2.74. The van der Waals surface area contributed by atoms with Crippen molar-refractivity contribution in [1.82, 2.24) is 9.80 Å². The fourth-order valence-electron chi connectivity index (χ4n) is 1.29. The molecule has 14 heavy (non-hydrogen) atoms. The van der Waals surface area contributed by atoms with Gasteiger partial charge in [-0.3, -0.25) is 0 Å². The molecule has 0 heterocycles. The van der Waals surface area contributed by atoms with Gasteiger partial charge in [-0.2, -0.15) is 0 Å². The number of hydrogen-bond donors (Lipinski definition) is 0. The topological polar surface area (TPSA) is 23.6 Å². The molecule has 0 radical (unpaired) electrons. The summed E-state index contributed by atoms with van der Waals surface area (Å²) in [4.78, 5) is 15.3. The third kappa shape index (κ3) is 3.99. The lowest BCUT2D eigenvalue weighted by atomic mass is 10.1. The zero-order valence-corrected chi connectivity index (χ0v) is 10.2. The molecule has 84 valence electrons. The van der Waals surface area contributed by atoms with Crippen molar-refractivity contribution in [2.45, 2.75) is 46.1 Å². The van der Waals surface area contributed by atoms with Gasteiger partial charge in [0, 0.05) is 26.7 Å². The number of hydrogen-bond acceptors (Lipinski definition) is 1. The fourth-order valence-corrected chi connectivity index (χ4v) is 1.29. The SMILES string of the molecule is CCCCC(C)N(C)C(=O)N(C)CC. The summed E-state index contributed by atoms with van der Waals surface area (Å²) in [6.07, 6.45) is 3.47. The van der Waals surface area contributed by atoms with Crippen LogP contribution < -0.4 is 0 Å². The van der Waals surface area contributed by atoms with Crippen LogP contribution in [0.1, 0.15) is 40.0 Å². The van der Waals surface area contributed by atoms with Crippen LogP contribution in [0, 0.1) is 0 Å². The van der Waals surface area contributed by atoms with Gasteiger partial charge in [-0.1, -0.05) is 19.8 Å². The number of carbonyl (C=O) groups is 1. The van der Waals surface area contributed by atoms with Gasteiger partial charge >= 0.3 is 6.03 Å². The number of nitrogens with zero attached hydrogens (tertiary/aromatic N) is 2. The van der Waals surface area contributed by atoms with E-state index in [1.165, 1.54) is 12.8 Å². The number of unbranched alkanes of at least 4 members (excludes halogenated alkanes) is 1. The second kappa shape index (κ2) is 6.68. The van der Waals surface area contributed by atoms with E-state index in [2.05, 4.69) is 13.8 Å². The predicted molar refractivity (Wildman–Crippen MR) is 60.5 cm³/mol. The zero-order valence-electron chi connectivity index (χ0n) is 10.2. The van der Waals surface area contributed by atoms with Crippen LogP contribution in [0.2, 0.25) is 0 Å². The normalized spacial score (nSPS) is 12.4. The summed E-state index contributed by atoms with van der Waals surface area (Å²) in [5.41, 5.74) is 0. The van der Waals surface area contributed by atoms with E-state index in [9.17, 15) is 4.79 Å². The number of carbonyl (C=O) groups excluding carboxylic acids is 1. The maximum Gasteiger partial charge on any atom is 0.319 e. The lowest BCUT2D eigenvalue weighted by Crippen LogP contribution is -2.43. The Balaban J connectivity index is 4.03. The van der Waals surface area contributed by atoms with Crippen molar-refractivity contribution < 1.29 is 4.79 Å². The summed E-state index contributed by atoms with van der Waals surface area (Å²) in [7, 11) is 3.72. The molecule has 0 bridgehead atoms. The quantitative estimate of drug-likeness (QED) is 0.669. The maximum absolute atomic E-state index is 11.7. The molecule has 0 saturated carbocycles. The smallest absolute Gasteiger partial charge is 0.319 e. The third-order valence-electron chi connectivity index (χ3n) is 2.74. The van der Waals surface area contributed by atoms with Gasteiger partial charge in [0.2, 0.25) is 0 Å². The Morgan fingerprint density at radius 2 is 1.86 bits per heavy atom. The molecule has 0 aromatic rings. The van der Waals surface area contributed by atoms with E-state index in [1.807, 2.05) is 25.9 Å². The van der Waals surface area contributed by atoms with E-state index in [-0.39, 0.29) is 6.03 Å². The van der Waals surface area contributed by atoms with E-state index in [0.29, 0.717) is 6.04 Å². The second-order valence-electron chi connectivity index (χ2n) is 3.90. The monoisotopic (exact) mass is 200 g/mol. The van der Waals surface area contributed by atoms with Crippen molar-refractivity contribution in [3.05, 3.63) is 0 Å². The molecule has 0 aromatic heterocycles. The first kappa shape index (κ1) is 13.3. The number of urea groups is 1. The molecule has 3 nitrogen and oxygen atoms in total. The highest BCUT2D eigenvalue weighted by atomic mass is 16.2. The van der Waals surface area contributed by atoms with Crippen LogP contribution >= 0.6 is 0 Å². The minimum atomic E-state index is 0.121. The molecule has 1 atom stereocenters. The number of amides is 2. The van der Waals surface area contributed by atoms with Gasteiger partial charge in [-0.25, -0.2) is 4.79 Å². The van der Waals surface area contributed by atoms with E-state index >= 15 is 0 Å². The highest BCUT2D eigenvalue weighted by molar-refractivity contribution is 5.74. The van der Waals surface area contributed by atoms with Crippen LogP contribution in [0.25, 0.3) is 0 Å². The van der Waals surface area contributed by atoms with Gasteiger partial charge in [-0.05, 0) is 20.3 Å². The molecule has 1 unspecified atom stereocenters. The average molecular weight is 200 g/mol. The molecule has 0 N–H and O–H groups in total. The highest BCUT2D eigenvalue weighted by Crippen LogP contribution is 2.08. The molecule has 0 aliphatic rings. The molecule has 3 heteroatoms. The first-order valence-electron chi connectivity index (χ1n) is 5.52. The van der Waals surface area contributed by atoms with Crippen LogP contribution in [0.4, 0.5) is 4.79 Å². The fraction of sp³-hybridized carbons (Fsp3) is 0.909. The lowest BCUT2D eigenvalue weighted by Gasteiger charge is -2.29. The van der Waals surface area contributed by atoms with Gasteiger partial charge in [-0.15, -0.1) is 0 Å². The molecule has 0 aliphatic carbocycles. The summed E-state index contributed by atoms with van der Waals surface area (Å²) in [5.74, 6) is 0. The largest absolute Gasteiger partial charge is 0.328 e. The number of rotatable bonds is 5. The summed E-state index contributed by atoms with van der Waals surface area (Å²) < 4.78 is 0. The summed E-state index contributed by atoms with van der Waals surface area (Å²) in [6.45, 7) is 7.04. The maximum atomic E-state index is 11.7. The van der Waals surface area contributed by atoms with Crippen molar-refractivity contribution in [2.24, 2.45) is 0 Å². The Labute approximate surface area is 88.1 Å². The van der Waals surface area contributed by atoms with Crippen molar-refractivity contribution in [1.29, 1.82) is 0 Å². The molecule has 0 aliphatic heterocycles. The van der Waals surface area contributed by atoms with Crippen molar-refractivity contribution >= 4 is 6.03 Å². The Bertz CT molecular complexity index is 171. The van der Waals surface area contributed by atoms with Crippen LogP contribution in [-0.2, 0) is 0 Å². The van der Waals surface area contributed by atoms with Gasteiger partial charge in [0.05, 0.1) is 0 Å². The van der Waals surface area contributed by atoms with E-state index in [0.717, 1.165) is 13.0 Å². The second-order valence-corrected chi connectivity index (χ2v) is 3.90. The van der Waals surface area contributed by atoms with Crippen LogP contribution in [0.3, 0.4) is 0 Å². The van der Waals surface area contributed by atoms with Crippen LogP contribution in [0.5, 0.6) is 0 Å². The highest BCUT2D eigenvalue weighted by Gasteiger charge is 2.17. The molecule has 0 fully saturated rings. The first-order chi connectivity index (χ1) is 6.54. The summed E-state index contributed by atoms with van der Waals surface area (Å²) in [6, 6.07) is 0.465. The Kier molecular flexibility index (Phi) is 6.34. The van der Waals surface area contributed by atoms with E-state index < -0.39 is 0 Å². The first-order valence-corrected chi connectivity index (χ1v) is 5.52. The predicted octanol–water partition coefficient (Wildman–Crippen LogP) is 2.57. The molecule has 0 saturated heterocycles. The van der Waals surface area contributed by atoms with Crippen molar-refractivity contribution in [3.8, 4) is 0 Å². The van der Waals surface area contributed by atoms with Gasteiger partial charge in [0.15, 0.2) is 0 Å². The lowest BCUT2D eigenvalue weighted by molar-refractivity contribution is 0.158. The Morgan fingerprint density at radius 1 is 1.29 bits per heavy atom. The molecular formula is C11H24N2O. The molecular weight excluding hydrogens is 176 g/mol. The van der Waals surface area contributed by atoms with E-state index in [4.69, 9.17) is 0 Å². The zero-order chi connectivity index (χ0) is 11.1. The summed E-state index contributed by atoms with van der Waals surface area (Å²) in [5, 5.41) is 0. The van der Waals surface area contributed by atoms with Crippen molar-refractivity contribution in [3.63, 3.8) is 0 Å². The molecule has 0 spiro atoms. The molecule has 0 rings (SSSR count). The molecule has 0 aromatic carbocycles. The van der Waals surface area contributed by atoms with Gasteiger partial charge in [0.25, 0.3) is 0 Å². The van der Waals surface area contributed by atoms with Crippen molar-refractivity contribution in [2.75, 3.05) is 20.6 Å². The minimum absolute atomic E-state index is 0.121. The average Bonchev–Trinajstić information content (AvgIpc) is 2.22. The van der Waals surface area contributed by atoms with Crippen LogP contribution in [0.15, 0.2) is 0 Å². The Hall–Kier alpha value is -0.730. The van der Waals surface area contributed by atoms with Gasteiger partial charge in [0.1, 0.15) is 0 Å². The summed E-state index contributed by atoms with van der Waals surface area (Å²) >= 11 is 0. The van der Waals surface area contributed by atoms with Crippen LogP contribution in [-0.4, -0.2) is 42.5 Å². The minimum Gasteiger partial charge on any atom is -0.328 e.